The van der Waals surface area contributed by atoms with E-state index >= 15 is 0 Å². The van der Waals surface area contributed by atoms with Gasteiger partial charge in [-0.25, -0.2) is 14.0 Å². The van der Waals surface area contributed by atoms with Crippen LogP contribution in [0.5, 0.6) is 17.2 Å². The van der Waals surface area contributed by atoms with Crippen molar-refractivity contribution in [2.45, 2.75) is 39.2 Å². The SMILES string of the molecule is CCOC(Cc1ccc(OCCN(CCCCOc2ccc(F)cc2)C(=O)Oc2ccc(C)cc2)cc1)C(=O)O. The molecule has 40 heavy (non-hydrogen) atoms. The lowest BCUT2D eigenvalue weighted by molar-refractivity contribution is -0.149. The van der Waals surface area contributed by atoms with Gasteiger partial charge in [-0.15, -0.1) is 0 Å². The van der Waals surface area contributed by atoms with E-state index in [2.05, 4.69) is 0 Å². The number of carboxylic acid groups (broad SMARTS) is 1. The van der Waals surface area contributed by atoms with Crippen LogP contribution >= 0.6 is 0 Å². The fourth-order valence-corrected chi connectivity index (χ4v) is 3.82. The van der Waals surface area contributed by atoms with Crippen LogP contribution in [-0.4, -0.2) is 61.1 Å². The number of benzene rings is 3. The normalized spacial score (nSPS) is 11.5. The molecule has 3 rings (SSSR count). The molecule has 0 spiro atoms. The number of hydrogen-bond acceptors (Lipinski definition) is 6. The van der Waals surface area contributed by atoms with Crippen molar-refractivity contribution < 1.29 is 38.0 Å². The summed E-state index contributed by atoms with van der Waals surface area (Å²) in [4.78, 5) is 25.9. The summed E-state index contributed by atoms with van der Waals surface area (Å²) in [7, 11) is 0. The minimum absolute atomic E-state index is 0.241. The second-order valence-electron chi connectivity index (χ2n) is 9.16. The highest BCUT2D eigenvalue weighted by molar-refractivity contribution is 5.72. The Morgan fingerprint density at radius 2 is 1.43 bits per heavy atom. The first-order valence-electron chi connectivity index (χ1n) is 13.3. The van der Waals surface area contributed by atoms with Crippen LogP contribution in [0.25, 0.3) is 0 Å². The van der Waals surface area contributed by atoms with Crippen LogP contribution in [0.1, 0.15) is 30.9 Å². The van der Waals surface area contributed by atoms with E-state index in [0.29, 0.717) is 56.4 Å². The van der Waals surface area contributed by atoms with E-state index in [1.165, 1.54) is 12.1 Å². The van der Waals surface area contributed by atoms with Gasteiger partial charge in [0.15, 0.2) is 6.10 Å². The third-order valence-electron chi connectivity index (χ3n) is 6.01. The van der Waals surface area contributed by atoms with E-state index in [0.717, 1.165) is 11.1 Å². The average Bonchev–Trinajstić information content (AvgIpc) is 2.94. The fourth-order valence-electron chi connectivity index (χ4n) is 3.82. The molecule has 0 aromatic heterocycles. The molecule has 214 valence electrons. The van der Waals surface area contributed by atoms with Gasteiger partial charge in [-0.2, -0.15) is 0 Å². The van der Waals surface area contributed by atoms with Crippen LogP contribution < -0.4 is 14.2 Å². The highest BCUT2D eigenvalue weighted by atomic mass is 19.1. The third kappa shape index (κ3) is 10.6. The van der Waals surface area contributed by atoms with Crippen molar-refractivity contribution in [3.63, 3.8) is 0 Å². The molecule has 0 saturated carbocycles. The predicted molar refractivity (Wildman–Crippen MR) is 149 cm³/mol. The van der Waals surface area contributed by atoms with Gasteiger partial charge in [-0.3, -0.25) is 0 Å². The molecule has 1 N–H and O–H groups in total. The second kappa shape index (κ2) is 16.1. The van der Waals surface area contributed by atoms with Crippen LogP contribution in [0.4, 0.5) is 9.18 Å². The van der Waals surface area contributed by atoms with Gasteiger partial charge in [0.25, 0.3) is 0 Å². The largest absolute Gasteiger partial charge is 0.494 e. The van der Waals surface area contributed by atoms with Gasteiger partial charge >= 0.3 is 12.1 Å². The zero-order chi connectivity index (χ0) is 28.7. The van der Waals surface area contributed by atoms with Gasteiger partial charge in [0.1, 0.15) is 29.7 Å². The second-order valence-corrected chi connectivity index (χ2v) is 9.16. The number of aliphatic carboxylic acids is 1. The first kappa shape index (κ1) is 30.4. The van der Waals surface area contributed by atoms with E-state index in [1.807, 2.05) is 19.1 Å². The van der Waals surface area contributed by atoms with E-state index in [-0.39, 0.29) is 18.8 Å². The Labute approximate surface area is 234 Å². The van der Waals surface area contributed by atoms with Crippen molar-refractivity contribution in [1.82, 2.24) is 4.90 Å². The zero-order valence-electron chi connectivity index (χ0n) is 22.9. The minimum Gasteiger partial charge on any atom is -0.494 e. The van der Waals surface area contributed by atoms with E-state index in [9.17, 15) is 19.1 Å². The van der Waals surface area contributed by atoms with E-state index < -0.39 is 18.2 Å². The predicted octanol–water partition coefficient (Wildman–Crippen LogP) is 5.91. The topological polar surface area (TPSA) is 94.5 Å². The van der Waals surface area contributed by atoms with E-state index in [1.54, 1.807) is 60.4 Å². The molecule has 0 heterocycles. The summed E-state index contributed by atoms with van der Waals surface area (Å²) in [6.45, 7) is 5.45. The molecule has 1 atom stereocenters. The Morgan fingerprint density at radius 3 is 2.05 bits per heavy atom. The van der Waals surface area contributed by atoms with Gasteiger partial charge < -0.3 is 29.0 Å². The number of amides is 1. The monoisotopic (exact) mass is 553 g/mol. The highest BCUT2D eigenvalue weighted by Gasteiger charge is 2.18. The van der Waals surface area contributed by atoms with Gasteiger partial charge in [-0.1, -0.05) is 29.8 Å². The molecule has 1 unspecified atom stereocenters. The number of nitrogens with zero attached hydrogens (tertiary/aromatic N) is 1. The van der Waals surface area contributed by atoms with Gasteiger partial charge in [0.2, 0.25) is 0 Å². The Morgan fingerprint density at radius 1 is 0.825 bits per heavy atom. The Hall–Kier alpha value is -4.11. The first-order valence-corrected chi connectivity index (χ1v) is 13.3. The standard InChI is InChI=1S/C31H36FNO7/c1-3-37-29(30(34)35)22-24-8-14-26(15-9-24)39-21-19-33(31(36)40-28-12-6-23(2)7-13-28)18-4-5-20-38-27-16-10-25(32)11-17-27/h6-17,29H,3-5,18-22H2,1-2H3,(H,34,35). The summed E-state index contributed by atoms with van der Waals surface area (Å²) in [5.41, 5.74) is 1.88. The van der Waals surface area contributed by atoms with Crippen molar-refractivity contribution in [3.05, 3.63) is 89.7 Å². The molecule has 3 aromatic carbocycles. The number of aryl methyl sites for hydroxylation is 1. The quantitative estimate of drug-likeness (QED) is 0.221. The lowest BCUT2D eigenvalue weighted by Gasteiger charge is -2.22. The van der Waals surface area contributed by atoms with Crippen molar-refractivity contribution in [3.8, 4) is 17.2 Å². The first-order chi connectivity index (χ1) is 19.3. The molecule has 0 aliphatic heterocycles. The van der Waals surface area contributed by atoms with Crippen LogP contribution in [-0.2, 0) is 16.0 Å². The number of ether oxygens (including phenoxy) is 4. The smallest absolute Gasteiger partial charge is 0.415 e. The maximum atomic E-state index is 13.1. The Bertz CT molecular complexity index is 1180. The van der Waals surface area contributed by atoms with Crippen molar-refractivity contribution in [2.75, 3.05) is 32.9 Å². The number of carbonyl (C=O) groups excluding carboxylic acids is 1. The molecule has 0 aliphatic carbocycles. The Balaban J connectivity index is 1.51. The lowest BCUT2D eigenvalue weighted by atomic mass is 10.1. The maximum Gasteiger partial charge on any atom is 0.415 e. The summed E-state index contributed by atoms with van der Waals surface area (Å²) < 4.78 is 35.4. The summed E-state index contributed by atoms with van der Waals surface area (Å²) in [5, 5.41) is 9.28. The number of hydrogen-bond donors (Lipinski definition) is 1. The van der Waals surface area contributed by atoms with Crippen molar-refractivity contribution in [2.24, 2.45) is 0 Å². The molecule has 8 nitrogen and oxygen atoms in total. The third-order valence-corrected chi connectivity index (χ3v) is 6.01. The summed E-state index contributed by atoms with van der Waals surface area (Å²) in [5.74, 6) is 0.339. The van der Waals surface area contributed by atoms with E-state index in [4.69, 9.17) is 18.9 Å². The van der Waals surface area contributed by atoms with Crippen LogP contribution in [0.15, 0.2) is 72.8 Å². The minimum atomic E-state index is -0.998. The number of halogens is 1. The lowest BCUT2D eigenvalue weighted by Crippen LogP contribution is -2.37. The number of rotatable bonds is 16. The number of carbonyl (C=O) groups is 2. The van der Waals surface area contributed by atoms with Crippen LogP contribution in [0.3, 0.4) is 0 Å². The molecule has 3 aromatic rings. The number of carboxylic acids is 1. The maximum absolute atomic E-state index is 13.1. The van der Waals surface area contributed by atoms with Crippen molar-refractivity contribution >= 4 is 12.1 Å². The molecular weight excluding hydrogens is 517 g/mol. The summed E-state index contributed by atoms with van der Waals surface area (Å²) >= 11 is 0. The van der Waals surface area contributed by atoms with Crippen LogP contribution in [0.2, 0.25) is 0 Å². The molecule has 0 radical (unpaired) electrons. The summed E-state index contributed by atoms with van der Waals surface area (Å²) in [6, 6.07) is 20.2. The highest BCUT2D eigenvalue weighted by Crippen LogP contribution is 2.17. The molecule has 9 heteroatoms. The molecule has 0 aliphatic rings. The molecule has 1 amide bonds. The van der Waals surface area contributed by atoms with Gasteiger partial charge in [0.05, 0.1) is 13.2 Å². The average molecular weight is 554 g/mol. The molecule has 0 saturated heterocycles. The van der Waals surface area contributed by atoms with Gasteiger partial charge in [0, 0.05) is 19.6 Å². The van der Waals surface area contributed by atoms with Crippen LogP contribution in [0, 0.1) is 12.7 Å². The molecule has 0 fully saturated rings. The Kier molecular flexibility index (Phi) is 12.2. The summed E-state index contributed by atoms with van der Waals surface area (Å²) in [6.07, 6.45) is 0.243. The number of unbranched alkanes of at least 4 members (excludes halogenated alkanes) is 1. The van der Waals surface area contributed by atoms with Crippen molar-refractivity contribution in [1.29, 1.82) is 0 Å². The fraction of sp³-hybridized carbons (Fsp3) is 0.355. The molecule has 0 bridgehead atoms. The van der Waals surface area contributed by atoms with Gasteiger partial charge in [-0.05, 0) is 80.8 Å². The zero-order valence-corrected chi connectivity index (χ0v) is 22.9. The molecular formula is C31H36FNO7.